The molecular formula is C16H15ClF3N5O. The van der Waals surface area contributed by atoms with Crippen LogP contribution in [-0.2, 0) is 6.18 Å². The first kappa shape index (κ1) is 18.2. The zero-order chi connectivity index (χ0) is 18.7. The van der Waals surface area contributed by atoms with E-state index in [2.05, 4.69) is 15.3 Å². The highest BCUT2D eigenvalue weighted by Crippen LogP contribution is 2.27. The van der Waals surface area contributed by atoms with Crippen LogP contribution in [0.5, 0.6) is 5.75 Å². The Hall–Kier alpha value is -2.55. The van der Waals surface area contributed by atoms with E-state index in [0.29, 0.717) is 40.7 Å². The average Bonchev–Trinajstić information content (AvgIpc) is 3.03. The second-order valence-electron chi connectivity index (χ2n) is 5.56. The molecule has 1 aromatic carbocycles. The quantitative estimate of drug-likeness (QED) is 0.605. The molecule has 0 radical (unpaired) electrons. The Balaban J connectivity index is 1.60. The van der Waals surface area contributed by atoms with Gasteiger partial charge in [-0.25, -0.2) is 0 Å². The number of benzene rings is 1. The first-order valence-electron chi connectivity index (χ1n) is 7.74. The number of anilines is 1. The number of rotatable bonds is 6. The number of ether oxygens (including phenoxy) is 1. The van der Waals surface area contributed by atoms with Gasteiger partial charge in [0.2, 0.25) is 0 Å². The molecule has 0 bridgehead atoms. The number of hydrogen-bond donors (Lipinski definition) is 0. The van der Waals surface area contributed by atoms with E-state index in [0.717, 1.165) is 0 Å². The normalized spacial score (nSPS) is 11.7. The lowest BCUT2D eigenvalue weighted by Crippen LogP contribution is -2.23. The predicted octanol–water partition coefficient (Wildman–Crippen LogP) is 3.70. The average molecular weight is 386 g/mol. The zero-order valence-corrected chi connectivity index (χ0v) is 14.5. The van der Waals surface area contributed by atoms with E-state index in [4.69, 9.17) is 16.3 Å². The second kappa shape index (κ2) is 7.36. The summed E-state index contributed by atoms with van der Waals surface area (Å²) in [4.78, 5) is 1.74. The van der Waals surface area contributed by atoms with Gasteiger partial charge in [-0.05, 0) is 42.8 Å². The maximum absolute atomic E-state index is 12.9. The summed E-state index contributed by atoms with van der Waals surface area (Å²) in [6, 6.07) is 10.1. The van der Waals surface area contributed by atoms with Crippen LogP contribution in [0.15, 0.2) is 36.4 Å². The van der Waals surface area contributed by atoms with Gasteiger partial charge in [0, 0.05) is 18.6 Å². The van der Waals surface area contributed by atoms with Crippen molar-refractivity contribution in [1.82, 2.24) is 19.8 Å². The lowest BCUT2D eigenvalue weighted by atomic mass is 10.3. The first-order chi connectivity index (χ1) is 12.3. The standard InChI is InChI=1S/C16H15ClF3N5O/c1-24(9-2-10-26-12-5-3-11(17)4-6-12)14-8-7-13-21-22-15(16(18,19)20)25(13)23-14/h3-8H,2,9-10H2,1H3. The van der Waals surface area contributed by atoms with Crippen LogP contribution in [0.2, 0.25) is 5.02 Å². The van der Waals surface area contributed by atoms with Crippen molar-refractivity contribution in [2.45, 2.75) is 12.6 Å². The topological polar surface area (TPSA) is 55.5 Å². The van der Waals surface area contributed by atoms with Crippen molar-refractivity contribution in [3.05, 3.63) is 47.2 Å². The van der Waals surface area contributed by atoms with Gasteiger partial charge in [-0.1, -0.05) is 11.6 Å². The Kier molecular flexibility index (Phi) is 5.17. The molecule has 0 N–H and O–H groups in total. The van der Waals surface area contributed by atoms with Crippen molar-refractivity contribution in [3.8, 4) is 5.75 Å². The molecule has 26 heavy (non-hydrogen) atoms. The van der Waals surface area contributed by atoms with Gasteiger partial charge < -0.3 is 9.64 Å². The molecule has 0 unspecified atom stereocenters. The highest BCUT2D eigenvalue weighted by molar-refractivity contribution is 6.30. The Morgan fingerprint density at radius 3 is 2.54 bits per heavy atom. The Labute approximate surface area is 152 Å². The zero-order valence-electron chi connectivity index (χ0n) is 13.7. The van der Waals surface area contributed by atoms with Gasteiger partial charge >= 0.3 is 6.18 Å². The van der Waals surface area contributed by atoms with Crippen LogP contribution in [0.4, 0.5) is 19.0 Å². The van der Waals surface area contributed by atoms with E-state index in [1.807, 2.05) is 0 Å². The minimum atomic E-state index is -4.62. The summed E-state index contributed by atoms with van der Waals surface area (Å²) in [7, 11) is 1.74. The number of hydrogen-bond acceptors (Lipinski definition) is 5. The van der Waals surface area contributed by atoms with Crippen LogP contribution < -0.4 is 9.64 Å². The minimum Gasteiger partial charge on any atom is -0.494 e. The van der Waals surface area contributed by atoms with Gasteiger partial charge in [-0.15, -0.1) is 15.3 Å². The van der Waals surface area contributed by atoms with E-state index in [1.54, 1.807) is 42.3 Å². The van der Waals surface area contributed by atoms with Crippen LogP contribution in [0.3, 0.4) is 0 Å². The fraction of sp³-hybridized carbons (Fsp3) is 0.312. The van der Waals surface area contributed by atoms with E-state index in [-0.39, 0.29) is 5.65 Å². The number of nitrogens with zero attached hydrogens (tertiary/aromatic N) is 5. The van der Waals surface area contributed by atoms with E-state index >= 15 is 0 Å². The Morgan fingerprint density at radius 2 is 1.85 bits per heavy atom. The van der Waals surface area contributed by atoms with Crippen LogP contribution in [0, 0.1) is 0 Å². The second-order valence-corrected chi connectivity index (χ2v) is 6.00. The monoisotopic (exact) mass is 385 g/mol. The van der Waals surface area contributed by atoms with Crippen molar-refractivity contribution in [1.29, 1.82) is 0 Å². The highest BCUT2D eigenvalue weighted by atomic mass is 35.5. The molecule has 0 aliphatic rings. The lowest BCUT2D eigenvalue weighted by molar-refractivity contribution is -0.146. The molecule has 2 aromatic heterocycles. The molecule has 0 saturated carbocycles. The first-order valence-corrected chi connectivity index (χ1v) is 8.11. The molecule has 0 atom stereocenters. The fourth-order valence-electron chi connectivity index (χ4n) is 2.30. The van der Waals surface area contributed by atoms with Gasteiger partial charge in [0.05, 0.1) is 6.61 Å². The Morgan fingerprint density at radius 1 is 1.12 bits per heavy atom. The van der Waals surface area contributed by atoms with Gasteiger partial charge in [-0.2, -0.15) is 17.7 Å². The number of alkyl halides is 3. The molecule has 10 heteroatoms. The summed E-state index contributed by atoms with van der Waals surface area (Å²) in [5, 5.41) is 11.3. The molecule has 0 amide bonds. The molecule has 3 rings (SSSR count). The maximum atomic E-state index is 12.9. The summed E-state index contributed by atoms with van der Waals surface area (Å²) >= 11 is 5.80. The third-order valence-corrected chi connectivity index (χ3v) is 3.87. The SMILES string of the molecule is CN(CCCOc1ccc(Cl)cc1)c1ccc2nnc(C(F)(F)F)n2n1. The highest BCUT2D eigenvalue weighted by Gasteiger charge is 2.37. The molecule has 0 fully saturated rings. The molecular weight excluding hydrogens is 371 g/mol. The van der Waals surface area contributed by atoms with Crippen molar-refractivity contribution in [2.75, 3.05) is 25.1 Å². The summed E-state index contributed by atoms with van der Waals surface area (Å²) in [5.41, 5.74) is 0.0422. The van der Waals surface area contributed by atoms with Gasteiger partial charge in [0.1, 0.15) is 11.6 Å². The molecule has 0 aliphatic heterocycles. The van der Waals surface area contributed by atoms with Gasteiger partial charge in [0.25, 0.3) is 5.82 Å². The maximum Gasteiger partial charge on any atom is 0.453 e. The van der Waals surface area contributed by atoms with Crippen LogP contribution >= 0.6 is 11.6 Å². The van der Waals surface area contributed by atoms with Crippen LogP contribution in [0.25, 0.3) is 5.65 Å². The molecule has 2 heterocycles. The largest absolute Gasteiger partial charge is 0.494 e. The predicted molar refractivity (Wildman–Crippen MR) is 90.6 cm³/mol. The Bertz CT molecular complexity index is 882. The van der Waals surface area contributed by atoms with Crippen LogP contribution in [0.1, 0.15) is 12.2 Å². The van der Waals surface area contributed by atoms with Crippen molar-refractivity contribution >= 4 is 23.1 Å². The molecule has 138 valence electrons. The summed E-state index contributed by atoms with van der Waals surface area (Å²) < 4.78 is 45.0. The van der Waals surface area contributed by atoms with Crippen molar-refractivity contribution in [3.63, 3.8) is 0 Å². The summed E-state index contributed by atoms with van der Waals surface area (Å²) in [5.74, 6) is -0.0565. The van der Waals surface area contributed by atoms with E-state index < -0.39 is 12.0 Å². The molecule has 0 aliphatic carbocycles. The molecule has 0 saturated heterocycles. The fourth-order valence-corrected chi connectivity index (χ4v) is 2.42. The minimum absolute atomic E-state index is 0.0422. The third-order valence-electron chi connectivity index (χ3n) is 3.61. The smallest absolute Gasteiger partial charge is 0.453 e. The van der Waals surface area contributed by atoms with Gasteiger partial charge in [0.15, 0.2) is 5.65 Å². The van der Waals surface area contributed by atoms with E-state index in [9.17, 15) is 13.2 Å². The number of halogens is 4. The summed E-state index contributed by atoms with van der Waals surface area (Å²) in [6.07, 6.45) is -3.96. The summed E-state index contributed by atoms with van der Waals surface area (Å²) in [6.45, 7) is 1.00. The number of fused-ring (bicyclic) bond motifs is 1. The van der Waals surface area contributed by atoms with Crippen molar-refractivity contribution < 1.29 is 17.9 Å². The van der Waals surface area contributed by atoms with Crippen LogP contribution in [-0.4, -0.2) is 40.0 Å². The lowest BCUT2D eigenvalue weighted by Gasteiger charge is -2.18. The number of aromatic nitrogens is 4. The molecule has 6 nitrogen and oxygen atoms in total. The van der Waals surface area contributed by atoms with E-state index in [1.165, 1.54) is 6.07 Å². The van der Waals surface area contributed by atoms with Gasteiger partial charge in [-0.3, -0.25) is 0 Å². The third kappa shape index (κ3) is 4.16. The van der Waals surface area contributed by atoms with Crippen molar-refractivity contribution in [2.24, 2.45) is 0 Å². The molecule has 0 spiro atoms. The molecule has 3 aromatic rings.